The zero-order valence-corrected chi connectivity index (χ0v) is 20.7. The highest BCUT2D eigenvalue weighted by atomic mass is 32.2. The van der Waals surface area contributed by atoms with Crippen molar-refractivity contribution in [3.63, 3.8) is 0 Å². The van der Waals surface area contributed by atoms with E-state index in [2.05, 4.69) is 26.5 Å². The zero-order valence-electron chi connectivity index (χ0n) is 19.9. The molecule has 1 aliphatic carbocycles. The van der Waals surface area contributed by atoms with E-state index in [1.165, 1.54) is 0 Å². The predicted molar refractivity (Wildman–Crippen MR) is 133 cm³/mol. The quantitative estimate of drug-likeness (QED) is 0.479. The van der Waals surface area contributed by atoms with E-state index in [9.17, 15) is 26.7 Å². The summed E-state index contributed by atoms with van der Waals surface area (Å²) < 4.78 is 69.9. The van der Waals surface area contributed by atoms with Gasteiger partial charge < -0.3 is 14.7 Å². The number of fused-ring (bicyclic) bond motifs is 2. The Labute approximate surface area is 213 Å². The molecular weight excluding hydrogens is 505 g/mol. The molecule has 6 nitrogen and oxygen atoms in total. The number of aliphatic hydroxyl groups is 1. The Bertz CT molecular complexity index is 1320. The van der Waals surface area contributed by atoms with Crippen molar-refractivity contribution in [3.05, 3.63) is 83.9 Å². The lowest BCUT2D eigenvalue weighted by molar-refractivity contribution is -0.274. The Kier molecular flexibility index (Phi) is 6.91. The van der Waals surface area contributed by atoms with E-state index in [4.69, 9.17) is 0 Å². The van der Waals surface area contributed by atoms with Crippen LogP contribution in [0.4, 0.5) is 24.5 Å². The molecule has 1 fully saturated rings. The first-order valence-electron chi connectivity index (χ1n) is 12.1. The van der Waals surface area contributed by atoms with Crippen LogP contribution >= 0.6 is 0 Å². The number of alkyl halides is 3. The number of aryl methyl sites for hydroxylation is 2. The van der Waals surface area contributed by atoms with Crippen LogP contribution < -0.4 is 14.4 Å². The van der Waals surface area contributed by atoms with Crippen molar-refractivity contribution in [2.24, 2.45) is 0 Å². The number of benzene rings is 3. The van der Waals surface area contributed by atoms with Gasteiger partial charge in [0.2, 0.25) is 10.0 Å². The molecule has 3 aromatic rings. The second-order valence-corrected chi connectivity index (χ2v) is 11.1. The molecule has 196 valence electrons. The molecule has 0 spiro atoms. The van der Waals surface area contributed by atoms with E-state index in [1.807, 2.05) is 36.4 Å². The van der Waals surface area contributed by atoms with Gasteiger partial charge in [-0.3, -0.25) is 0 Å². The maximum Gasteiger partial charge on any atom is 0.573 e. The smallest absolute Gasteiger partial charge is 0.406 e. The second kappa shape index (κ2) is 10.00. The molecule has 3 aromatic carbocycles. The van der Waals surface area contributed by atoms with E-state index in [0.717, 1.165) is 59.6 Å². The van der Waals surface area contributed by atoms with Crippen molar-refractivity contribution in [2.75, 3.05) is 4.90 Å². The number of aliphatic hydroxyl groups excluding tert-OH is 1. The van der Waals surface area contributed by atoms with Gasteiger partial charge in [-0.15, -0.1) is 13.2 Å². The lowest BCUT2D eigenvalue weighted by atomic mass is 9.86. The molecule has 37 heavy (non-hydrogen) atoms. The molecule has 10 heteroatoms. The highest BCUT2D eigenvalue weighted by Crippen LogP contribution is 2.41. The summed E-state index contributed by atoms with van der Waals surface area (Å²) >= 11 is 0. The Hall–Kier alpha value is -3.08. The maximum atomic E-state index is 13.1. The third kappa shape index (κ3) is 5.46. The highest BCUT2D eigenvalue weighted by molar-refractivity contribution is 7.89. The molecule has 2 aliphatic rings. The van der Waals surface area contributed by atoms with Gasteiger partial charge in [-0.1, -0.05) is 36.4 Å². The first kappa shape index (κ1) is 25.6. The van der Waals surface area contributed by atoms with Crippen LogP contribution in [0.25, 0.3) is 0 Å². The Balaban J connectivity index is 1.41. The van der Waals surface area contributed by atoms with E-state index < -0.39 is 34.3 Å². The number of halogens is 3. The van der Waals surface area contributed by atoms with Crippen LogP contribution in [0.1, 0.15) is 30.4 Å². The average molecular weight is 533 g/mol. The third-order valence-electron chi connectivity index (χ3n) is 6.99. The number of nitrogens with one attached hydrogen (secondary N) is 1. The number of hydrogen-bond acceptors (Lipinski definition) is 5. The van der Waals surface area contributed by atoms with E-state index in [-0.39, 0.29) is 10.9 Å². The van der Waals surface area contributed by atoms with E-state index >= 15 is 0 Å². The summed E-state index contributed by atoms with van der Waals surface area (Å²) in [6.45, 7) is 0. The standard InChI is InChI=1S/C27H27F3N2O4S/c28-27(29,30)36-20-14-16-21(17-15-20)37(34,35)31-22-8-5-11-25(26(22)33)32-23-9-3-1-6-18(23)12-13-19-7-2-4-10-24(19)32/h1-4,6-7,9-10,14-17,22,25-26,31,33H,5,8,11-13H2/t22-,25?,26+/m1/s1. The summed E-state index contributed by atoms with van der Waals surface area (Å²) in [6.07, 6.45) is -2.38. The van der Waals surface area contributed by atoms with Crippen LogP contribution in [0.3, 0.4) is 0 Å². The number of sulfonamides is 1. The first-order valence-corrected chi connectivity index (χ1v) is 13.6. The largest absolute Gasteiger partial charge is 0.573 e. The Morgan fingerprint density at radius 3 is 2.00 bits per heavy atom. The second-order valence-electron chi connectivity index (χ2n) is 9.36. The Morgan fingerprint density at radius 1 is 0.865 bits per heavy atom. The molecule has 0 bridgehead atoms. The summed E-state index contributed by atoms with van der Waals surface area (Å²) in [5.74, 6) is -0.511. The molecular formula is C27H27F3N2O4S. The third-order valence-corrected chi connectivity index (χ3v) is 8.50. The van der Waals surface area contributed by atoms with Crippen molar-refractivity contribution < 1.29 is 31.4 Å². The van der Waals surface area contributed by atoms with Crippen LogP contribution in [0.5, 0.6) is 5.75 Å². The zero-order chi connectivity index (χ0) is 26.2. The summed E-state index contributed by atoms with van der Waals surface area (Å²) in [5, 5.41) is 11.5. The molecule has 5 rings (SSSR count). The molecule has 0 radical (unpaired) electrons. The van der Waals surface area contributed by atoms with Gasteiger partial charge in [0.15, 0.2) is 0 Å². The highest BCUT2D eigenvalue weighted by Gasteiger charge is 2.40. The summed E-state index contributed by atoms with van der Waals surface area (Å²) in [5.41, 5.74) is 4.32. The fraction of sp³-hybridized carbons (Fsp3) is 0.333. The van der Waals surface area contributed by atoms with Gasteiger partial charge in [-0.2, -0.15) is 0 Å². The molecule has 1 saturated carbocycles. The minimum absolute atomic E-state index is 0.207. The van der Waals surface area contributed by atoms with Crippen LogP contribution in [-0.4, -0.2) is 38.1 Å². The maximum absolute atomic E-state index is 13.1. The van der Waals surface area contributed by atoms with Gasteiger partial charge in [0, 0.05) is 11.4 Å². The van der Waals surface area contributed by atoms with Gasteiger partial charge in [0.1, 0.15) is 5.75 Å². The Morgan fingerprint density at radius 2 is 1.43 bits per heavy atom. The molecule has 1 aliphatic heterocycles. The molecule has 0 amide bonds. The van der Waals surface area contributed by atoms with Gasteiger partial charge >= 0.3 is 6.36 Å². The normalized spacial score (nSPS) is 22.1. The monoisotopic (exact) mass is 532 g/mol. The molecule has 0 aromatic heterocycles. The topological polar surface area (TPSA) is 78.9 Å². The fourth-order valence-electron chi connectivity index (χ4n) is 5.33. The number of rotatable bonds is 5. The summed E-state index contributed by atoms with van der Waals surface area (Å²) in [4.78, 5) is 1.94. The van der Waals surface area contributed by atoms with E-state index in [0.29, 0.717) is 19.3 Å². The molecule has 2 N–H and O–H groups in total. The minimum atomic E-state index is -4.87. The van der Waals surface area contributed by atoms with Gasteiger partial charge in [0.25, 0.3) is 0 Å². The predicted octanol–water partition coefficient (Wildman–Crippen LogP) is 5.08. The number of para-hydroxylation sites is 2. The number of ether oxygens (including phenoxy) is 1. The molecule has 1 heterocycles. The summed E-state index contributed by atoms with van der Waals surface area (Å²) in [6, 6.07) is 19.0. The first-order chi connectivity index (χ1) is 17.6. The minimum Gasteiger partial charge on any atom is -0.406 e. The molecule has 1 unspecified atom stereocenters. The number of anilines is 2. The molecule has 0 saturated heterocycles. The van der Waals surface area contributed by atoms with Crippen molar-refractivity contribution >= 4 is 21.4 Å². The van der Waals surface area contributed by atoms with Crippen molar-refractivity contribution in [3.8, 4) is 5.75 Å². The van der Waals surface area contributed by atoms with Crippen LogP contribution in [0.15, 0.2) is 77.7 Å². The van der Waals surface area contributed by atoms with Crippen molar-refractivity contribution in [1.29, 1.82) is 0 Å². The SMILES string of the molecule is O=S(=O)(N[C@@H]1CCCC(N2c3ccccc3CCc3ccccc32)[C@H]1O)c1ccc(OC(F)(F)F)cc1. The number of nitrogens with zero attached hydrogens (tertiary/aromatic N) is 1. The van der Waals surface area contributed by atoms with E-state index in [1.54, 1.807) is 0 Å². The van der Waals surface area contributed by atoms with Crippen LogP contribution in [0, 0.1) is 0 Å². The fourth-order valence-corrected chi connectivity index (χ4v) is 6.61. The van der Waals surface area contributed by atoms with Gasteiger partial charge in [0.05, 0.1) is 23.1 Å². The van der Waals surface area contributed by atoms with Crippen LogP contribution in [-0.2, 0) is 22.9 Å². The van der Waals surface area contributed by atoms with Crippen LogP contribution in [0.2, 0.25) is 0 Å². The lowest BCUT2D eigenvalue weighted by Gasteiger charge is -2.43. The van der Waals surface area contributed by atoms with Crippen molar-refractivity contribution in [1.82, 2.24) is 4.72 Å². The number of hydrogen-bond donors (Lipinski definition) is 2. The average Bonchev–Trinajstić information content (AvgIpc) is 3.02. The lowest BCUT2D eigenvalue weighted by Crippen LogP contribution is -2.55. The van der Waals surface area contributed by atoms with Gasteiger partial charge in [-0.25, -0.2) is 13.1 Å². The van der Waals surface area contributed by atoms with Crippen molar-refractivity contribution in [2.45, 2.75) is 61.5 Å². The van der Waals surface area contributed by atoms with Gasteiger partial charge in [-0.05, 0) is 79.6 Å². The summed E-state index contributed by atoms with van der Waals surface area (Å²) in [7, 11) is -4.10. The molecule has 3 atom stereocenters.